The molecule has 4 aliphatic carbocycles. The van der Waals surface area contributed by atoms with Crippen molar-refractivity contribution >= 4 is 112 Å². The Hall–Kier alpha value is -7.50. The van der Waals surface area contributed by atoms with Gasteiger partial charge in [0.2, 0.25) is 67.2 Å². The number of methoxy groups -OCH3 is 2. The number of ether oxygens (including phenoxy) is 8. The Labute approximate surface area is 704 Å². The minimum atomic E-state index is -3.98. The van der Waals surface area contributed by atoms with Gasteiger partial charge in [-0.2, -0.15) is 9.97 Å². The number of hydrogen-bond acceptors (Lipinski definition) is 22. The highest BCUT2D eigenvalue weighted by atomic mass is 35.5. The molecule has 2 saturated heterocycles. The average Bonchev–Trinajstić information content (AvgIpc) is 1.57. The van der Waals surface area contributed by atoms with Gasteiger partial charge in [-0.05, 0) is 192 Å². The van der Waals surface area contributed by atoms with Crippen molar-refractivity contribution in [3.63, 3.8) is 0 Å². The number of fused-ring (bicyclic) bond motifs is 6. The molecule has 0 bridgehead atoms. The number of hydrogen-bond donors (Lipinski definition) is 2. The molecule has 12 rings (SSSR count). The van der Waals surface area contributed by atoms with E-state index in [1.165, 1.54) is 9.80 Å². The SMILES string of the molecule is CC[C@@H]1C[C@@H](C)CC/C=C\[C@@H]2C[C@@]2(C(=O)NS(=O)(=O)C2(C)CC2)CC(=O)[C@@H]2C[C@@H](Oc3nc(OCCOC)cc4c(Cl)cccc34)CN2C(=O)[C@H]1CC(=O)OC(C)(C)C.CC[C@@H]1C[C@H](C)CC/C=C\[C@@H]2C[C@@]2(C(=O)NS(=O)(=O)C2(C)CC2)CC(=O)[C@@H]2C[C@@H](Oc3nc(OCCOC)cc4c(Cl)cccc34)CN2C(=O)[C@H]1CC(=O)OC(C)(C)C. The predicted molar refractivity (Wildman–Crippen MR) is 447 cm³/mol. The number of allylic oxidation sites excluding steroid dienone is 4. The number of rotatable bonds is 24. The zero-order chi connectivity index (χ0) is 85.8. The largest absolute Gasteiger partial charge is 0.475 e. The van der Waals surface area contributed by atoms with Crippen LogP contribution in [0.1, 0.15) is 212 Å². The highest BCUT2D eigenvalue weighted by Crippen LogP contribution is 2.60. The molecule has 4 aromatic rings. The minimum Gasteiger partial charge on any atom is -0.475 e. The number of sulfonamides is 2. The van der Waals surface area contributed by atoms with Gasteiger partial charge in [-0.15, -0.1) is 0 Å². The molecule has 4 aliphatic heterocycles. The summed E-state index contributed by atoms with van der Waals surface area (Å²) in [5.74, 6) is -5.24. The van der Waals surface area contributed by atoms with Gasteiger partial charge in [0.05, 0.1) is 83.4 Å². The van der Waals surface area contributed by atoms with Crippen LogP contribution in [-0.4, -0.2) is 182 Å². The van der Waals surface area contributed by atoms with Crippen LogP contribution in [0.15, 0.2) is 72.8 Å². The van der Waals surface area contributed by atoms with Crippen molar-refractivity contribution in [2.45, 2.75) is 256 Å². The minimum absolute atomic E-state index is 0.000192. The van der Waals surface area contributed by atoms with Crippen LogP contribution < -0.4 is 28.4 Å². The van der Waals surface area contributed by atoms with Crippen molar-refractivity contribution in [2.75, 3.05) is 53.7 Å². The van der Waals surface area contributed by atoms with Gasteiger partial charge in [-0.25, -0.2) is 16.8 Å². The van der Waals surface area contributed by atoms with Gasteiger partial charge in [0.1, 0.15) is 36.6 Å². The summed E-state index contributed by atoms with van der Waals surface area (Å²) in [7, 11) is -4.83. The first-order valence-corrected chi connectivity index (χ1v) is 45.6. The first kappa shape index (κ1) is 91.2. The van der Waals surface area contributed by atoms with Crippen LogP contribution in [0.4, 0.5) is 0 Å². The molecule has 118 heavy (non-hydrogen) atoms. The number of pyridine rings is 2. The predicted octanol–water partition coefficient (Wildman–Crippen LogP) is 14.0. The van der Waals surface area contributed by atoms with Crippen molar-refractivity contribution < 1.29 is 93.1 Å². The third-order valence-electron chi connectivity index (χ3n) is 25.0. The molecule has 6 fully saturated rings. The number of benzene rings is 2. The lowest BCUT2D eigenvalue weighted by Crippen LogP contribution is -2.48. The molecular weight excluding hydrogens is 1600 g/mol. The number of nitrogens with zero attached hydrogens (tertiary/aromatic N) is 4. The first-order chi connectivity index (χ1) is 55.6. The topological polar surface area (TPSA) is 335 Å². The molecule has 8 aliphatic rings. The molecule has 0 radical (unpaired) electrons. The normalized spacial score (nSPS) is 29.1. The van der Waals surface area contributed by atoms with Crippen molar-refractivity contribution in [3.8, 4) is 23.5 Å². The molecule has 0 unspecified atom stereocenters. The fourth-order valence-electron chi connectivity index (χ4n) is 17.3. The third-order valence-corrected chi connectivity index (χ3v) is 30.0. The number of carbonyl (C=O) groups excluding carboxylic acids is 8. The van der Waals surface area contributed by atoms with E-state index in [4.69, 9.17) is 61.1 Å². The van der Waals surface area contributed by atoms with Gasteiger partial charge in [0, 0.05) is 83.6 Å². The highest BCUT2D eigenvalue weighted by molar-refractivity contribution is 7.92. The summed E-state index contributed by atoms with van der Waals surface area (Å²) in [4.78, 5) is 127. The van der Waals surface area contributed by atoms with Crippen molar-refractivity contribution in [1.82, 2.24) is 29.2 Å². The zero-order valence-electron chi connectivity index (χ0n) is 70.8. The number of ketones is 2. The second-order valence-electron chi connectivity index (χ2n) is 36.7. The first-order valence-electron chi connectivity index (χ1n) is 41.9. The van der Waals surface area contributed by atoms with E-state index in [9.17, 15) is 45.6 Å². The summed E-state index contributed by atoms with van der Waals surface area (Å²) >= 11 is 13.3. The number of carbonyl (C=O) groups is 8. The molecule has 6 heterocycles. The number of nitrogens with one attached hydrogen (secondary N) is 2. The molecule has 14 atom stereocenters. The lowest BCUT2D eigenvalue weighted by Gasteiger charge is -2.33. The van der Waals surface area contributed by atoms with E-state index in [1.54, 1.807) is 106 Å². The summed E-state index contributed by atoms with van der Waals surface area (Å²) in [5, 5.41) is 3.40. The number of esters is 2. The van der Waals surface area contributed by atoms with Crippen LogP contribution in [0.25, 0.3) is 21.5 Å². The molecular formula is C88H120Cl2N6O20S2. The van der Waals surface area contributed by atoms with Gasteiger partial charge < -0.3 is 47.7 Å². The summed E-state index contributed by atoms with van der Waals surface area (Å²) in [5.41, 5.74) is -4.13. The second-order valence-corrected chi connectivity index (χ2v) is 41.9. The van der Waals surface area contributed by atoms with Crippen LogP contribution in [0.2, 0.25) is 10.0 Å². The van der Waals surface area contributed by atoms with Crippen LogP contribution in [-0.2, 0) is 77.4 Å². The quantitative estimate of drug-likeness (QED) is 0.0374. The Balaban J connectivity index is 0.000000231. The Morgan fingerprint density at radius 3 is 1.26 bits per heavy atom. The summed E-state index contributed by atoms with van der Waals surface area (Å²) < 4.78 is 103. The third kappa shape index (κ3) is 21.7. The Morgan fingerprint density at radius 2 is 0.924 bits per heavy atom. The Morgan fingerprint density at radius 1 is 0.551 bits per heavy atom. The summed E-state index contributed by atoms with van der Waals surface area (Å²) in [6.45, 7) is 23.3. The van der Waals surface area contributed by atoms with Crippen molar-refractivity contribution in [3.05, 3.63) is 82.9 Å². The fraction of sp³-hybridized carbons (Fsp3) is 0.659. The van der Waals surface area contributed by atoms with Crippen LogP contribution in [0.5, 0.6) is 23.5 Å². The van der Waals surface area contributed by atoms with Gasteiger partial charge >= 0.3 is 11.9 Å². The zero-order valence-corrected chi connectivity index (χ0v) is 73.9. The Bertz CT molecular complexity index is 4420. The number of halogens is 2. The van der Waals surface area contributed by atoms with Gasteiger partial charge in [-0.3, -0.25) is 47.8 Å². The van der Waals surface area contributed by atoms with E-state index in [0.29, 0.717) is 122 Å². The van der Waals surface area contributed by atoms with Crippen LogP contribution in [0, 0.1) is 58.2 Å². The molecule has 2 N–H and O–H groups in total. The maximum absolute atomic E-state index is 15.1. The highest BCUT2D eigenvalue weighted by Gasteiger charge is 2.65. The average molecular weight is 1720 g/mol. The maximum atomic E-state index is 15.1. The molecule has 26 nitrogen and oxygen atoms in total. The lowest BCUT2D eigenvalue weighted by atomic mass is 9.79. The number of Topliss-reactive ketones (excluding diaryl/α,β-unsaturated/α-hetero) is 2. The summed E-state index contributed by atoms with van der Waals surface area (Å²) in [6, 6.07) is 12.0. The molecule has 4 saturated carbocycles. The monoisotopic (exact) mass is 1710 g/mol. The second kappa shape index (κ2) is 37.1. The van der Waals surface area contributed by atoms with E-state index in [1.807, 2.05) is 50.3 Å². The number of amides is 4. The molecule has 4 amide bonds. The van der Waals surface area contributed by atoms with Crippen LogP contribution in [0.3, 0.4) is 0 Å². The fourth-order valence-corrected chi connectivity index (χ4v) is 20.4. The van der Waals surface area contributed by atoms with Crippen molar-refractivity contribution in [2.24, 2.45) is 58.2 Å². The van der Waals surface area contributed by atoms with Gasteiger partial charge in [0.15, 0.2) is 11.6 Å². The van der Waals surface area contributed by atoms with E-state index in [0.717, 1.165) is 12.8 Å². The Kier molecular flexibility index (Phi) is 28.7. The van der Waals surface area contributed by atoms with Crippen LogP contribution >= 0.6 is 23.2 Å². The number of aromatic nitrogens is 2. The van der Waals surface area contributed by atoms with Gasteiger partial charge in [-0.1, -0.05) is 100 Å². The molecule has 2 aromatic carbocycles. The van der Waals surface area contributed by atoms with E-state index >= 15 is 9.59 Å². The van der Waals surface area contributed by atoms with Crippen molar-refractivity contribution in [1.29, 1.82) is 0 Å². The standard InChI is InChI=1S/2C44H60ClN3O10S/c2*1-8-28-20-27(2)12-9-10-13-29-24-44(29,41(52)47-59(53,54)43(6)16-17-43)25-36(49)35-21-30(26-48(35)40(51)32(28)23-38(50)58-42(3,4)5)57-39-31-14-11-15-34(45)33(31)22-37(46-39)56-19-18-55-7/h2*10-11,13-15,22,27-30,32,35H,8-9,12,16-21,23-26H2,1-7H3,(H,47,52)/b2*13-10-/t27-,28+,29+,30+,32-,35-,44+;27-,28-,29-,30-,32+,35+,44-/m01/s1. The van der Waals surface area contributed by atoms with E-state index < -0.39 is 111 Å². The smallest absolute Gasteiger partial charge is 0.307 e. The van der Waals surface area contributed by atoms with Gasteiger partial charge in [0.25, 0.3) is 0 Å². The maximum Gasteiger partial charge on any atom is 0.307 e. The molecule has 30 heteroatoms. The van der Waals surface area contributed by atoms with E-state index in [-0.39, 0.29) is 147 Å². The lowest BCUT2D eigenvalue weighted by molar-refractivity contribution is -0.160. The van der Waals surface area contributed by atoms with E-state index in [2.05, 4.69) is 33.3 Å². The molecule has 648 valence electrons. The molecule has 0 spiro atoms. The molecule has 2 aromatic heterocycles. The summed E-state index contributed by atoms with van der Waals surface area (Å²) in [6.07, 6.45) is 13.8.